The van der Waals surface area contributed by atoms with Crippen LogP contribution in [0.5, 0.6) is 0 Å². The summed E-state index contributed by atoms with van der Waals surface area (Å²) in [4.78, 5) is 35.9. The normalized spacial score (nSPS) is 26.1. The summed E-state index contributed by atoms with van der Waals surface area (Å²) in [6.07, 6.45) is 3.83. The predicted molar refractivity (Wildman–Crippen MR) is 75.7 cm³/mol. The van der Waals surface area contributed by atoms with Crippen LogP contribution in [-0.2, 0) is 9.59 Å². The molecule has 7 heteroatoms. The van der Waals surface area contributed by atoms with E-state index < -0.39 is 18.0 Å². The fraction of sp³-hybridized carbons (Fsp3) is 0.786. The number of carbonyl (C=O) groups excluding carboxylic acids is 2. The van der Waals surface area contributed by atoms with Crippen molar-refractivity contribution in [1.82, 2.24) is 15.5 Å². The third kappa shape index (κ3) is 3.86. The van der Waals surface area contributed by atoms with Gasteiger partial charge in [-0.3, -0.25) is 9.69 Å². The summed E-state index contributed by atoms with van der Waals surface area (Å²) in [7, 11) is 0. The van der Waals surface area contributed by atoms with Crippen LogP contribution in [0, 0.1) is 5.41 Å². The smallest absolute Gasteiger partial charge is 0.328 e. The van der Waals surface area contributed by atoms with Crippen LogP contribution in [-0.4, -0.2) is 53.1 Å². The largest absolute Gasteiger partial charge is 0.480 e. The van der Waals surface area contributed by atoms with E-state index in [1.54, 1.807) is 0 Å². The van der Waals surface area contributed by atoms with E-state index >= 15 is 0 Å². The molecule has 2 aliphatic rings. The van der Waals surface area contributed by atoms with Crippen molar-refractivity contribution in [3.8, 4) is 0 Å². The molecule has 2 fully saturated rings. The first-order valence-corrected chi connectivity index (χ1v) is 7.35. The van der Waals surface area contributed by atoms with Gasteiger partial charge in [-0.1, -0.05) is 13.8 Å². The number of hydrogen-bond donors (Lipinski definition) is 3. The fourth-order valence-corrected chi connectivity index (χ4v) is 2.88. The Morgan fingerprint density at radius 1 is 1.33 bits per heavy atom. The molecule has 0 radical (unpaired) electrons. The van der Waals surface area contributed by atoms with E-state index in [1.165, 1.54) is 0 Å². The lowest BCUT2D eigenvalue weighted by Gasteiger charge is -2.37. The molecule has 1 saturated heterocycles. The van der Waals surface area contributed by atoms with Crippen molar-refractivity contribution >= 4 is 17.9 Å². The minimum absolute atomic E-state index is 0.0424. The highest BCUT2D eigenvalue weighted by atomic mass is 16.4. The van der Waals surface area contributed by atoms with E-state index in [4.69, 9.17) is 5.11 Å². The number of urea groups is 1. The van der Waals surface area contributed by atoms with E-state index in [0.29, 0.717) is 5.41 Å². The molecule has 0 spiro atoms. The second kappa shape index (κ2) is 5.91. The summed E-state index contributed by atoms with van der Waals surface area (Å²) in [6, 6.07) is -1.39. The third-order valence-electron chi connectivity index (χ3n) is 4.40. The monoisotopic (exact) mass is 297 g/mol. The zero-order valence-electron chi connectivity index (χ0n) is 12.5. The highest BCUT2D eigenvalue weighted by Gasteiger charge is 2.36. The summed E-state index contributed by atoms with van der Waals surface area (Å²) in [6.45, 7) is 4.17. The van der Waals surface area contributed by atoms with Crippen LogP contribution in [0.25, 0.3) is 0 Å². The Balaban J connectivity index is 1.94. The molecule has 1 aliphatic heterocycles. The van der Waals surface area contributed by atoms with Crippen molar-refractivity contribution in [3.05, 3.63) is 0 Å². The first-order valence-electron chi connectivity index (χ1n) is 7.35. The van der Waals surface area contributed by atoms with Gasteiger partial charge in [-0.2, -0.15) is 0 Å². The Morgan fingerprint density at radius 2 is 1.95 bits per heavy atom. The molecule has 0 aromatic heterocycles. The number of carbonyl (C=O) groups is 3. The second-order valence-electron chi connectivity index (χ2n) is 6.67. The Morgan fingerprint density at radius 3 is 2.52 bits per heavy atom. The maximum atomic E-state index is 12.3. The number of aliphatic carboxylic acids is 1. The second-order valence-corrected chi connectivity index (χ2v) is 6.67. The standard InChI is InChI=1S/C14H23N3O4/c1-14(2)5-3-9(4-6-14)16-13(21)17-8-11(18)15-7-10(17)12(19)20/h9-10H,3-8H2,1-2H3,(H,15,18)(H,16,21)(H,19,20). The minimum Gasteiger partial charge on any atom is -0.480 e. The van der Waals surface area contributed by atoms with E-state index in [9.17, 15) is 14.4 Å². The maximum absolute atomic E-state index is 12.3. The summed E-state index contributed by atoms with van der Waals surface area (Å²) in [5.74, 6) is -1.43. The molecule has 1 aliphatic carbocycles. The lowest BCUT2D eigenvalue weighted by atomic mass is 9.75. The topological polar surface area (TPSA) is 98.7 Å². The molecular weight excluding hydrogens is 274 g/mol. The van der Waals surface area contributed by atoms with E-state index in [-0.39, 0.29) is 25.0 Å². The van der Waals surface area contributed by atoms with E-state index in [2.05, 4.69) is 24.5 Å². The molecule has 0 aromatic rings. The van der Waals surface area contributed by atoms with Gasteiger partial charge in [-0.25, -0.2) is 9.59 Å². The molecule has 118 valence electrons. The molecule has 1 heterocycles. The SMILES string of the molecule is CC1(C)CCC(NC(=O)N2CC(=O)NCC2C(=O)O)CC1. The number of hydrogen-bond acceptors (Lipinski definition) is 3. The Labute approximate surface area is 124 Å². The first kappa shape index (κ1) is 15.6. The molecule has 0 bridgehead atoms. The molecule has 3 N–H and O–H groups in total. The summed E-state index contributed by atoms with van der Waals surface area (Å²) in [5, 5.41) is 14.5. The Hall–Kier alpha value is -1.79. The van der Waals surface area contributed by atoms with Crippen LogP contribution >= 0.6 is 0 Å². The predicted octanol–water partition coefficient (Wildman–Crippen LogP) is 0.550. The zero-order chi connectivity index (χ0) is 15.6. The summed E-state index contributed by atoms with van der Waals surface area (Å²) >= 11 is 0. The highest BCUT2D eigenvalue weighted by Crippen LogP contribution is 2.35. The van der Waals surface area contributed by atoms with Crippen molar-refractivity contribution < 1.29 is 19.5 Å². The van der Waals surface area contributed by atoms with Crippen LogP contribution in [0.3, 0.4) is 0 Å². The third-order valence-corrected chi connectivity index (χ3v) is 4.40. The van der Waals surface area contributed by atoms with Gasteiger partial charge in [0.15, 0.2) is 0 Å². The van der Waals surface area contributed by atoms with Crippen molar-refractivity contribution in [2.45, 2.75) is 51.6 Å². The summed E-state index contributed by atoms with van der Waals surface area (Å²) in [5.41, 5.74) is 0.301. The summed E-state index contributed by atoms with van der Waals surface area (Å²) < 4.78 is 0. The molecule has 3 amide bonds. The van der Waals surface area contributed by atoms with Gasteiger partial charge in [0.25, 0.3) is 0 Å². The molecule has 1 atom stereocenters. The molecule has 2 rings (SSSR count). The average Bonchev–Trinajstić information content (AvgIpc) is 2.40. The van der Waals surface area contributed by atoms with Crippen LogP contribution in [0.4, 0.5) is 4.79 Å². The zero-order valence-corrected chi connectivity index (χ0v) is 12.5. The van der Waals surface area contributed by atoms with Crippen LogP contribution < -0.4 is 10.6 Å². The number of nitrogens with zero attached hydrogens (tertiary/aromatic N) is 1. The fourth-order valence-electron chi connectivity index (χ4n) is 2.88. The van der Waals surface area contributed by atoms with Crippen molar-refractivity contribution in [1.29, 1.82) is 0 Å². The lowest BCUT2D eigenvalue weighted by molar-refractivity contribution is -0.144. The first-order chi connectivity index (χ1) is 9.78. The van der Waals surface area contributed by atoms with Gasteiger partial charge in [-0.15, -0.1) is 0 Å². The quantitative estimate of drug-likeness (QED) is 0.693. The maximum Gasteiger partial charge on any atom is 0.328 e. The van der Waals surface area contributed by atoms with Gasteiger partial charge >= 0.3 is 12.0 Å². The van der Waals surface area contributed by atoms with E-state index in [1.807, 2.05) is 0 Å². The van der Waals surface area contributed by atoms with Crippen LogP contribution in [0.1, 0.15) is 39.5 Å². The van der Waals surface area contributed by atoms with Crippen molar-refractivity contribution in [3.63, 3.8) is 0 Å². The van der Waals surface area contributed by atoms with Crippen molar-refractivity contribution in [2.24, 2.45) is 5.41 Å². The van der Waals surface area contributed by atoms with Gasteiger partial charge < -0.3 is 15.7 Å². The van der Waals surface area contributed by atoms with Crippen molar-refractivity contribution in [2.75, 3.05) is 13.1 Å². The Bertz CT molecular complexity index is 440. The van der Waals surface area contributed by atoms with Gasteiger partial charge in [0, 0.05) is 12.6 Å². The van der Waals surface area contributed by atoms with E-state index in [0.717, 1.165) is 30.6 Å². The molecule has 0 aromatic carbocycles. The average molecular weight is 297 g/mol. The van der Waals surface area contributed by atoms with Crippen LogP contribution in [0.2, 0.25) is 0 Å². The van der Waals surface area contributed by atoms with Crippen LogP contribution in [0.15, 0.2) is 0 Å². The number of carboxylic acid groups (broad SMARTS) is 1. The highest BCUT2D eigenvalue weighted by molar-refractivity contribution is 5.90. The molecule has 21 heavy (non-hydrogen) atoms. The molecular formula is C14H23N3O4. The molecule has 1 saturated carbocycles. The number of nitrogens with one attached hydrogen (secondary N) is 2. The minimum atomic E-state index is -1.10. The molecule has 7 nitrogen and oxygen atoms in total. The number of carboxylic acids is 1. The number of amides is 3. The molecule has 1 unspecified atom stereocenters. The Kier molecular flexibility index (Phi) is 4.39. The van der Waals surface area contributed by atoms with Gasteiger partial charge in [-0.05, 0) is 31.1 Å². The number of rotatable bonds is 2. The van der Waals surface area contributed by atoms with Gasteiger partial charge in [0.1, 0.15) is 12.6 Å². The van der Waals surface area contributed by atoms with Gasteiger partial charge in [0.2, 0.25) is 5.91 Å². The number of piperazine rings is 1. The lowest BCUT2D eigenvalue weighted by Crippen LogP contribution is -2.62. The van der Waals surface area contributed by atoms with Gasteiger partial charge in [0.05, 0.1) is 0 Å².